The number of Topliss-reactive ketones (excluding diaryl/α,β-unsaturated/α-hetero) is 1. The lowest BCUT2D eigenvalue weighted by Crippen LogP contribution is -2.25. The van der Waals surface area contributed by atoms with Crippen LogP contribution in [0.1, 0.15) is 37.0 Å². The number of nitrogens with zero attached hydrogens (tertiary/aromatic N) is 2. The molecule has 0 fully saturated rings. The number of anilines is 1. The largest absolute Gasteiger partial charge is 0.510 e. The number of aliphatic hydroxyl groups is 1. The van der Waals surface area contributed by atoms with E-state index in [1.54, 1.807) is 48.5 Å². The van der Waals surface area contributed by atoms with E-state index in [1.807, 2.05) is 19.9 Å². The van der Waals surface area contributed by atoms with Gasteiger partial charge in [-0.25, -0.2) is 0 Å². The summed E-state index contributed by atoms with van der Waals surface area (Å²) < 4.78 is 0. The number of benzene rings is 2. The van der Waals surface area contributed by atoms with Crippen LogP contribution in [0, 0.1) is 5.41 Å². The summed E-state index contributed by atoms with van der Waals surface area (Å²) in [5.41, 5.74) is 1.47. The second-order valence-electron chi connectivity index (χ2n) is 7.30. The number of ketones is 1. The number of carbonyl (C=O) groups excluding carboxylic acids is 2. The van der Waals surface area contributed by atoms with E-state index in [1.165, 1.54) is 0 Å². The third-order valence-corrected chi connectivity index (χ3v) is 4.25. The van der Waals surface area contributed by atoms with Crippen molar-refractivity contribution in [2.45, 2.75) is 26.7 Å². The van der Waals surface area contributed by atoms with Crippen molar-refractivity contribution in [1.82, 2.24) is 0 Å². The van der Waals surface area contributed by atoms with Gasteiger partial charge in [0.05, 0.1) is 5.69 Å². The minimum absolute atomic E-state index is 0.0215. The van der Waals surface area contributed by atoms with E-state index in [9.17, 15) is 14.7 Å². The number of rotatable bonds is 4. The van der Waals surface area contributed by atoms with Gasteiger partial charge in [-0.05, 0) is 41.8 Å². The average Bonchev–Trinajstić information content (AvgIpc) is 2.62. The van der Waals surface area contributed by atoms with E-state index in [0.29, 0.717) is 29.8 Å². The molecular formula is C21H21N3O3. The Morgan fingerprint density at radius 2 is 1.67 bits per heavy atom. The fraction of sp³-hybridized carbons (Fsp3) is 0.238. The molecule has 0 heterocycles. The molecule has 27 heavy (non-hydrogen) atoms. The Morgan fingerprint density at radius 1 is 1.00 bits per heavy atom. The first-order valence-corrected chi connectivity index (χ1v) is 8.68. The standard InChI is InChI=1S/C21H21N3O3/c1-21(2)12-17(25)19(18(26)13-21)24-23-16-10-8-15(9-11-16)22-20(27)14-6-4-3-5-7-14/h3-11,25H,12-13H2,1-2H3,(H,22,27). The number of carbonyl (C=O) groups is 2. The highest BCUT2D eigenvalue weighted by atomic mass is 16.3. The van der Waals surface area contributed by atoms with Gasteiger partial charge in [-0.15, -0.1) is 5.11 Å². The van der Waals surface area contributed by atoms with Crippen LogP contribution in [0.4, 0.5) is 11.4 Å². The molecule has 3 rings (SSSR count). The van der Waals surface area contributed by atoms with Crippen LogP contribution in [-0.4, -0.2) is 16.8 Å². The Balaban J connectivity index is 1.68. The van der Waals surface area contributed by atoms with E-state index in [0.717, 1.165) is 0 Å². The van der Waals surface area contributed by atoms with Gasteiger partial charge in [0.15, 0.2) is 11.5 Å². The average molecular weight is 363 g/mol. The third kappa shape index (κ3) is 4.67. The highest BCUT2D eigenvalue weighted by molar-refractivity contribution is 6.04. The number of nitrogens with one attached hydrogen (secondary N) is 1. The van der Waals surface area contributed by atoms with Crippen LogP contribution in [0.3, 0.4) is 0 Å². The summed E-state index contributed by atoms with van der Waals surface area (Å²) in [6.45, 7) is 3.86. The van der Waals surface area contributed by atoms with Crippen molar-refractivity contribution < 1.29 is 14.7 Å². The van der Waals surface area contributed by atoms with Gasteiger partial charge >= 0.3 is 0 Å². The minimum Gasteiger partial charge on any atom is -0.510 e. The first-order valence-electron chi connectivity index (χ1n) is 8.68. The second-order valence-corrected chi connectivity index (χ2v) is 7.30. The van der Waals surface area contributed by atoms with Crippen molar-refractivity contribution in [1.29, 1.82) is 0 Å². The topological polar surface area (TPSA) is 91.1 Å². The molecule has 6 heteroatoms. The number of allylic oxidation sites excluding steroid dienone is 2. The summed E-state index contributed by atoms with van der Waals surface area (Å²) in [5.74, 6) is -0.429. The molecule has 2 aromatic rings. The first kappa shape index (κ1) is 18.5. The minimum atomic E-state index is -0.265. The number of aliphatic hydroxyl groups excluding tert-OH is 1. The van der Waals surface area contributed by atoms with Crippen LogP contribution in [0.15, 0.2) is 76.3 Å². The summed E-state index contributed by atoms with van der Waals surface area (Å²) in [5, 5.41) is 20.8. The highest BCUT2D eigenvalue weighted by Crippen LogP contribution is 2.36. The van der Waals surface area contributed by atoms with Crippen molar-refractivity contribution in [2.75, 3.05) is 5.32 Å². The Bertz CT molecular complexity index is 913. The van der Waals surface area contributed by atoms with Gasteiger partial charge in [-0.2, -0.15) is 5.11 Å². The van der Waals surface area contributed by atoms with Crippen LogP contribution < -0.4 is 5.32 Å². The normalized spacial score (nSPS) is 16.6. The molecule has 0 saturated heterocycles. The van der Waals surface area contributed by atoms with E-state index in [2.05, 4.69) is 15.5 Å². The molecule has 0 aromatic heterocycles. The summed E-state index contributed by atoms with van der Waals surface area (Å²) in [6, 6.07) is 15.7. The molecule has 1 aliphatic rings. The molecule has 0 saturated carbocycles. The molecule has 0 bridgehead atoms. The molecule has 2 aromatic carbocycles. The maximum Gasteiger partial charge on any atom is 0.255 e. The lowest BCUT2D eigenvalue weighted by molar-refractivity contribution is -0.118. The molecule has 138 valence electrons. The second kappa shape index (κ2) is 7.53. The Morgan fingerprint density at radius 3 is 2.30 bits per heavy atom. The molecule has 0 aliphatic heterocycles. The van der Waals surface area contributed by atoms with Gasteiger partial charge in [-0.3, -0.25) is 9.59 Å². The highest BCUT2D eigenvalue weighted by Gasteiger charge is 2.33. The van der Waals surface area contributed by atoms with Gasteiger partial charge in [0.1, 0.15) is 5.76 Å². The quantitative estimate of drug-likeness (QED) is 0.733. The fourth-order valence-corrected chi connectivity index (χ4v) is 2.90. The Kier molecular flexibility index (Phi) is 5.16. The molecule has 0 spiro atoms. The monoisotopic (exact) mass is 363 g/mol. The first-order chi connectivity index (χ1) is 12.8. The van der Waals surface area contributed by atoms with Crippen molar-refractivity contribution in [3.05, 3.63) is 71.6 Å². The summed E-state index contributed by atoms with van der Waals surface area (Å²) in [6.07, 6.45) is 0.730. The Hall–Kier alpha value is -3.28. The van der Waals surface area contributed by atoms with E-state index in [-0.39, 0.29) is 28.6 Å². The van der Waals surface area contributed by atoms with E-state index in [4.69, 9.17) is 0 Å². The van der Waals surface area contributed by atoms with Crippen molar-refractivity contribution >= 4 is 23.1 Å². The van der Waals surface area contributed by atoms with Crippen molar-refractivity contribution in [3.8, 4) is 0 Å². The zero-order valence-corrected chi connectivity index (χ0v) is 15.3. The predicted molar refractivity (Wildman–Crippen MR) is 103 cm³/mol. The van der Waals surface area contributed by atoms with E-state index >= 15 is 0 Å². The van der Waals surface area contributed by atoms with Gasteiger partial charge in [0.2, 0.25) is 0 Å². The predicted octanol–water partition coefficient (Wildman–Crippen LogP) is 5.18. The van der Waals surface area contributed by atoms with E-state index < -0.39 is 0 Å². The van der Waals surface area contributed by atoms with Crippen LogP contribution in [-0.2, 0) is 4.79 Å². The Labute approximate surface area is 157 Å². The van der Waals surface area contributed by atoms with Crippen LogP contribution in [0.5, 0.6) is 0 Å². The summed E-state index contributed by atoms with van der Waals surface area (Å²) in [7, 11) is 0. The molecule has 1 amide bonds. The molecule has 0 atom stereocenters. The number of azo groups is 1. The number of amides is 1. The van der Waals surface area contributed by atoms with Crippen LogP contribution in [0.2, 0.25) is 0 Å². The number of hydrogen-bond donors (Lipinski definition) is 2. The summed E-state index contributed by atoms with van der Waals surface area (Å²) in [4.78, 5) is 24.3. The van der Waals surface area contributed by atoms with Gasteiger partial charge in [0.25, 0.3) is 5.91 Å². The molecule has 0 unspecified atom stereocenters. The molecule has 2 N–H and O–H groups in total. The van der Waals surface area contributed by atoms with Gasteiger partial charge in [-0.1, -0.05) is 32.0 Å². The maximum absolute atomic E-state index is 12.1. The van der Waals surface area contributed by atoms with Crippen LogP contribution in [0.25, 0.3) is 0 Å². The maximum atomic E-state index is 12.1. The molecule has 0 radical (unpaired) electrons. The summed E-state index contributed by atoms with van der Waals surface area (Å²) >= 11 is 0. The van der Waals surface area contributed by atoms with Gasteiger partial charge in [0, 0.05) is 24.1 Å². The number of hydrogen-bond acceptors (Lipinski definition) is 5. The SMILES string of the molecule is CC1(C)CC(=O)C(N=Nc2ccc(NC(=O)c3ccccc3)cc2)=C(O)C1. The fourth-order valence-electron chi connectivity index (χ4n) is 2.90. The molecular weight excluding hydrogens is 342 g/mol. The zero-order valence-electron chi connectivity index (χ0n) is 15.3. The zero-order chi connectivity index (χ0) is 19.4. The smallest absolute Gasteiger partial charge is 0.255 e. The molecule has 1 aliphatic carbocycles. The van der Waals surface area contributed by atoms with Crippen LogP contribution >= 0.6 is 0 Å². The lowest BCUT2D eigenvalue weighted by Gasteiger charge is -2.27. The van der Waals surface area contributed by atoms with Gasteiger partial charge < -0.3 is 10.4 Å². The van der Waals surface area contributed by atoms with Crippen molar-refractivity contribution in [2.24, 2.45) is 15.6 Å². The van der Waals surface area contributed by atoms with Crippen molar-refractivity contribution in [3.63, 3.8) is 0 Å². The third-order valence-electron chi connectivity index (χ3n) is 4.25. The lowest BCUT2D eigenvalue weighted by atomic mass is 9.78. The molecule has 6 nitrogen and oxygen atoms in total.